The van der Waals surface area contributed by atoms with Crippen molar-refractivity contribution in [1.29, 1.82) is 0 Å². The van der Waals surface area contributed by atoms with Crippen molar-refractivity contribution in [1.82, 2.24) is 24.8 Å². The van der Waals surface area contributed by atoms with Crippen molar-refractivity contribution < 1.29 is 32.3 Å². The first-order valence-corrected chi connectivity index (χ1v) is 14.4. The van der Waals surface area contributed by atoms with Gasteiger partial charge < -0.3 is 19.9 Å². The summed E-state index contributed by atoms with van der Waals surface area (Å²) in [7, 11) is 0. The van der Waals surface area contributed by atoms with E-state index in [4.69, 9.17) is 16.3 Å². The Labute approximate surface area is 254 Å². The Hall–Kier alpha value is -3.85. The van der Waals surface area contributed by atoms with Crippen molar-refractivity contribution in [2.45, 2.75) is 51.8 Å². The second-order valence-corrected chi connectivity index (χ2v) is 12.3. The standard InChI is InChI=1S/C27H29ClF3N7O4S/c1-15(24-33-13-20(43-24)23(40)36-21-10-16(27(29,30)31)17(28)12-32-21)9-19(39)18-11-22(35-14-34-18)37-5-7-38(8-6-37)25(41)42-26(2,3)4/h10-15H,5-9H2,1-4H3,(H,32,36,40). The molecule has 0 saturated carbocycles. The molecule has 230 valence electrons. The van der Waals surface area contributed by atoms with Crippen LogP contribution in [0.15, 0.2) is 30.9 Å². The largest absolute Gasteiger partial charge is 0.444 e. The molecule has 16 heteroatoms. The number of halogens is 4. The van der Waals surface area contributed by atoms with Gasteiger partial charge in [-0.05, 0) is 26.8 Å². The minimum Gasteiger partial charge on any atom is -0.444 e. The Morgan fingerprint density at radius 1 is 1.05 bits per heavy atom. The molecule has 3 aromatic rings. The molecule has 1 unspecified atom stereocenters. The van der Waals surface area contributed by atoms with Crippen LogP contribution in [0.4, 0.5) is 29.6 Å². The number of thiazole rings is 1. The zero-order chi connectivity index (χ0) is 31.5. The number of aromatic nitrogens is 4. The van der Waals surface area contributed by atoms with E-state index in [1.165, 1.54) is 12.5 Å². The molecule has 4 heterocycles. The van der Waals surface area contributed by atoms with E-state index in [9.17, 15) is 27.6 Å². The normalized spacial score (nSPS) is 14.8. The molecule has 0 aliphatic carbocycles. The highest BCUT2D eigenvalue weighted by molar-refractivity contribution is 7.13. The number of hydrogen-bond donors (Lipinski definition) is 1. The Balaban J connectivity index is 1.34. The number of carbonyl (C=O) groups excluding carboxylic acids is 3. The molecule has 0 spiro atoms. The Kier molecular flexibility index (Phi) is 9.54. The molecule has 1 saturated heterocycles. The molecule has 3 aromatic heterocycles. The van der Waals surface area contributed by atoms with Gasteiger partial charge in [0, 0.05) is 50.8 Å². The van der Waals surface area contributed by atoms with Gasteiger partial charge in [-0.1, -0.05) is 18.5 Å². The maximum Gasteiger partial charge on any atom is 0.418 e. The van der Waals surface area contributed by atoms with Crippen LogP contribution in [-0.4, -0.2) is 74.4 Å². The number of nitrogens with one attached hydrogen (secondary N) is 1. The zero-order valence-electron chi connectivity index (χ0n) is 23.7. The highest BCUT2D eigenvalue weighted by atomic mass is 35.5. The first-order chi connectivity index (χ1) is 20.1. The Bertz CT molecular complexity index is 1500. The molecule has 11 nitrogen and oxygen atoms in total. The second-order valence-electron chi connectivity index (χ2n) is 10.8. The predicted molar refractivity (Wildman–Crippen MR) is 154 cm³/mol. The second kappa shape index (κ2) is 12.8. The van der Waals surface area contributed by atoms with Gasteiger partial charge in [0.2, 0.25) is 0 Å². The molecule has 1 fully saturated rings. The van der Waals surface area contributed by atoms with Crippen LogP contribution in [0.1, 0.15) is 70.8 Å². The number of carbonyl (C=O) groups is 3. The number of ketones is 1. The average Bonchev–Trinajstić information content (AvgIpc) is 3.44. The summed E-state index contributed by atoms with van der Waals surface area (Å²) in [4.78, 5) is 58.2. The van der Waals surface area contributed by atoms with E-state index in [1.54, 1.807) is 17.9 Å². The number of nitrogens with zero attached hydrogens (tertiary/aromatic N) is 6. The SMILES string of the molecule is CC(CC(=O)c1cc(N2CCN(C(=O)OC(C)(C)C)CC2)ncn1)c1ncc(C(=O)Nc2cc(C(F)(F)F)c(Cl)cn2)s1. The number of hydrogen-bond acceptors (Lipinski definition) is 10. The van der Waals surface area contributed by atoms with Crippen LogP contribution in [0.25, 0.3) is 0 Å². The van der Waals surface area contributed by atoms with E-state index in [2.05, 4.69) is 25.3 Å². The van der Waals surface area contributed by atoms with Crippen LogP contribution < -0.4 is 10.2 Å². The van der Waals surface area contributed by atoms with E-state index in [-0.39, 0.29) is 40.6 Å². The van der Waals surface area contributed by atoms with Crippen LogP contribution in [0.3, 0.4) is 0 Å². The van der Waals surface area contributed by atoms with Crippen molar-refractivity contribution in [2.24, 2.45) is 0 Å². The summed E-state index contributed by atoms with van der Waals surface area (Å²) in [5, 5.41) is 2.23. The quantitative estimate of drug-likeness (QED) is 0.324. The molecular weight excluding hydrogens is 611 g/mol. The molecule has 1 aliphatic rings. The third-order valence-corrected chi connectivity index (χ3v) is 7.79. The third kappa shape index (κ3) is 8.38. The lowest BCUT2D eigenvalue weighted by Gasteiger charge is -2.36. The molecule has 1 N–H and O–H groups in total. The fourth-order valence-corrected chi connectivity index (χ4v) is 5.18. The molecule has 0 bridgehead atoms. The van der Waals surface area contributed by atoms with E-state index in [1.807, 2.05) is 25.7 Å². The van der Waals surface area contributed by atoms with Gasteiger partial charge >= 0.3 is 12.3 Å². The number of Topliss-reactive ketones (excluding diaryl/α,β-unsaturated/α-hetero) is 1. The van der Waals surface area contributed by atoms with E-state index in [0.29, 0.717) is 43.1 Å². The third-order valence-electron chi connectivity index (χ3n) is 6.26. The van der Waals surface area contributed by atoms with Crippen LogP contribution >= 0.6 is 22.9 Å². The summed E-state index contributed by atoms with van der Waals surface area (Å²) < 4.78 is 44.8. The maximum absolute atomic E-state index is 13.1. The summed E-state index contributed by atoms with van der Waals surface area (Å²) in [5.74, 6) is -1.08. The van der Waals surface area contributed by atoms with Crippen molar-refractivity contribution in [3.05, 3.63) is 57.0 Å². The molecule has 43 heavy (non-hydrogen) atoms. The van der Waals surface area contributed by atoms with E-state index >= 15 is 0 Å². The van der Waals surface area contributed by atoms with Crippen LogP contribution in [0.5, 0.6) is 0 Å². The van der Waals surface area contributed by atoms with Crippen LogP contribution in [0, 0.1) is 0 Å². The summed E-state index contributed by atoms with van der Waals surface area (Å²) in [6, 6.07) is 2.26. The maximum atomic E-state index is 13.1. The molecule has 2 amide bonds. The van der Waals surface area contributed by atoms with Gasteiger partial charge in [-0.3, -0.25) is 9.59 Å². The topological polar surface area (TPSA) is 131 Å². The summed E-state index contributed by atoms with van der Waals surface area (Å²) in [6.07, 6.45) is -1.62. The molecular formula is C27H29ClF3N7O4S. The van der Waals surface area contributed by atoms with Gasteiger partial charge in [0.15, 0.2) is 5.78 Å². The average molecular weight is 640 g/mol. The summed E-state index contributed by atoms with van der Waals surface area (Å²) in [5.41, 5.74) is -1.48. The van der Waals surface area contributed by atoms with E-state index < -0.39 is 28.3 Å². The molecule has 1 atom stereocenters. The fraction of sp³-hybridized carbons (Fsp3) is 0.444. The number of piperazine rings is 1. The first-order valence-electron chi connectivity index (χ1n) is 13.2. The van der Waals surface area contributed by atoms with Gasteiger partial charge in [0.05, 0.1) is 21.8 Å². The molecule has 1 aliphatic heterocycles. The molecule has 4 rings (SSSR count). The van der Waals surface area contributed by atoms with Crippen molar-refractivity contribution in [3.8, 4) is 0 Å². The Morgan fingerprint density at radius 3 is 2.40 bits per heavy atom. The van der Waals surface area contributed by atoms with Gasteiger partial charge in [0.25, 0.3) is 5.91 Å². The van der Waals surface area contributed by atoms with Crippen molar-refractivity contribution >= 4 is 52.4 Å². The number of amides is 2. The number of alkyl halides is 3. The monoisotopic (exact) mass is 639 g/mol. The minimum atomic E-state index is -4.71. The highest BCUT2D eigenvalue weighted by Gasteiger charge is 2.34. The lowest BCUT2D eigenvalue weighted by molar-refractivity contribution is -0.137. The predicted octanol–water partition coefficient (Wildman–Crippen LogP) is 5.69. The van der Waals surface area contributed by atoms with Crippen molar-refractivity contribution in [3.63, 3.8) is 0 Å². The van der Waals surface area contributed by atoms with Crippen LogP contribution in [-0.2, 0) is 10.9 Å². The summed E-state index contributed by atoms with van der Waals surface area (Å²) >= 11 is 6.60. The van der Waals surface area contributed by atoms with Gasteiger partial charge in [-0.25, -0.2) is 24.7 Å². The van der Waals surface area contributed by atoms with Gasteiger partial charge in [0.1, 0.15) is 34.1 Å². The number of anilines is 2. The van der Waals surface area contributed by atoms with Crippen molar-refractivity contribution in [2.75, 3.05) is 36.4 Å². The summed E-state index contributed by atoms with van der Waals surface area (Å²) in [6.45, 7) is 9.10. The minimum absolute atomic E-state index is 0.0468. The fourth-order valence-electron chi connectivity index (χ4n) is 4.11. The van der Waals surface area contributed by atoms with Crippen LogP contribution in [0.2, 0.25) is 5.02 Å². The molecule has 0 aromatic carbocycles. The van der Waals surface area contributed by atoms with E-state index in [0.717, 1.165) is 17.5 Å². The molecule has 0 radical (unpaired) electrons. The Morgan fingerprint density at radius 2 is 1.74 bits per heavy atom. The number of rotatable bonds is 7. The highest BCUT2D eigenvalue weighted by Crippen LogP contribution is 2.35. The van der Waals surface area contributed by atoms with Gasteiger partial charge in [-0.2, -0.15) is 13.2 Å². The zero-order valence-corrected chi connectivity index (χ0v) is 25.3. The number of pyridine rings is 1. The smallest absolute Gasteiger partial charge is 0.418 e. The lowest BCUT2D eigenvalue weighted by Crippen LogP contribution is -2.50. The number of ether oxygens (including phenoxy) is 1. The first kappa shape index (κ1) is 32.1. The van der Waals surface area contributed by atoms with Gasteiger partial charge in [-0.15, -0.1) is 11.3 Å². The lowest BCUT2D eigenvalue weighted by atomic mass is 10.0.